The van der Waals surface area contributed by atoms with E-state index >= 15 is 0 Å². The summed E-state index contributed by atoms with van der Waals surface area (Å²) in [5, 5.41) is 11.1. The van der Waals surface area contributed by atoms with Gasteiger partial charge in [0.25, 0.3) is 0 Å². The second-order valence-corrected chi connectivity index (χ2v) is 7.46. The summed E-state index contributed by atoms with van der Waals surface area (Å²) in [6.45, 7) is 0. The van der Waals surface area contributed by atoms with Crippen LogP contribution in [0, 0.1) is 0 Å². The lowest BCUT2D eigenvalue weighted by atomic mass is 10.2. The molecule has 3 aromatic rings. The Morgan fingerprint density at radius 2 is 1.72 bits per heavy atom. The maximum Gasteiger partial charge on any atom is 0.349 e. The quantitative estimate of drug-likeness (QED) is 0.615. The molecule has 0 aliphatic heterocycles. The minimum atomic E-state index is -0.429. The van der Waals surface area contributed by atoms with E-state index in [2.05, 4.69) is 15.0 Å². The molecule has 8 heteroatoms. The van der Waals surface area contributed by atoms with E-state index in [9.17, 15) is 9.90 Å². The molecule has 2 N–H and O–H groups in total. The van der Waals surface area contributed by atoms with Crippen molar-refractivity contribution in [2.75, 3.05) is 0 Å². The van der Waals surface area contributed by atoms with Gasteiger partial charge in [0.2, 0.25) is 0 Å². The number of halogens is 1. The number of H-pyrrole nitrogens is 1. The highest BCUT2D eigenvalue weighted by molar-refractivity contribution is 7.99. The largest absolute Gasteiger partial charge is 0.508 e. The molecule has 0 saturated heterocycles. The Labute approximate surface area is 157 Å². The highest BCUT2D eigenvalue weighted by atomic mass is 35.5. The van der Waals surface area contributed by atoms with Crippen molar-refractivity contribution in [1.82, 2.24) is 15.0 Å². The average molecular weight is 392 g/mol. The van der Waals surface area contributed by atoms with E-state index in [1.165, 1.54) is 23.5 Å². The van der Waals surface area contributed by atoms with E-state index in [0.29, 0.717) is 26.8 Å². The molecule has 0 unspecified atom stereocenters. The number of benzene rings is 2. The van der Waals surface area contributed by atoms with Crippen LogP contribution in [0.1, 0.15) is 11.1 Å². The standard InChI is InChI=1S/C17H14ClN3O2S2/c18-13-5-1-3-11(7-13)9-24-16-19-15(23)20-17(21-16)25-10-12-4-2-6-14(22)8-12/h1-8,22H,9-10H2,(H,19,20,21,23). The highest BCUT2D eigenvalue weighted by Crippen LogP contribution is 2.24. The third-order valence-electron chi connectivity index (χ3n) is 3.15. The molecule has 0 atom stereocenters. The lowest BCUT2D eigenvalue weighted by Crippen LogP contribution is -2.13. The van der Waals surface area contributed by atoms with Crippen molar-refractivity contribution in [2.45, 2.75) is 21.8 Å². The molecule has 3 rings (SSSR count). The van der Waals surface area contributed by atoms with Crippen LogP contribution >= 0.6 is 35.1 Å². The summed E-state index contributed by atoms with van der Waals surface area (Å²) < 4.78 is 0. The summed E-state index contributed by atoms with van der Waals surface area (Å²) in [4.78, 5) is 22.6. The zero-order chi connectivity index (χ0) is 17.6. The van der Waals surface area contributed by atoms with Gasteiger partial charge in [-0.3, -0.25) is 4.98 Å². The Morgan fingerprint density at radius 1 is 1.00 bits per heavy atom. The van der Waals surface area contributed by atoms with Crippen LogP contribution in [0.3, 0.4) is 0 Å². The predicted molar refractivity (Wildman–Crippen MR) is 101 cm³/mol. The SMILES string of the molecule is O=c1nc(SCc2cccc(Cl)c2)nc(SCc2cccc(O)c2)[nH]1. The predicted octanol–water partition coefficient (Wildman–Crippen LogP) is 4.11. The number of phenols is 1. The number of thioether (sulfide) groups is 2. The normalized spacial score (nSPS) is 10.8. The van der Waals surface area contributed by atoms with Gasteiger partial charge >= 0.3 is 5.69 Å². The van der Waals surface area contributed by atoms with E-state index in [1.807, 2.05) is 30.3 Å². The van der Waals surface area contributed by atoms with Crippen molar-refractivity contribution >= 4 is 35.1 Å². The molecule has 0 aliphatic carbocycles. The van der Waals surface area contributed by atoms with Crippen LogP contribution in [0.25, 0.3) is 0 Å². The van der Waals surface area contributed by atoms with Crippen LogP contribution in [0.2, 0.25) is 5.02 Å². The van der Waals surface area contributed by atoms with Gasteiger partial charge in [-0.15, -0.1) is 0 Å². The number of nitrogens with one attached hydrogen (secondary N) is 1. The number of phenolic OH excluding ortho intramolecular Hbond substituents is 1. The van der Waals surface area contributed by atoms with Gasteiger partial charge < -0.3 is 5.11 Å². The second kappa shape index (κ2) is 8.42. The molecule has 0 fully saturated rings. The molecule has 5 nitrogen and oxygen atoms in total. The summed E-state index contributed by atoms with van der Waals surface area (Å²) in [7, 11) is 0. The van der Waals surface area contributed by atoms with E-state index in [1.54, 1.807) is 18.2 Å². The Balaban J connectivity index is 1.66. The molecule has 1 aromatic heterocycles. The Hall–Kier alpha value is -1.96. The minimum Gasteiger partial charge on any atom is -0.508 e. The van der Waals surface area contributed by atoms with E-state index in [0.717, 1.165) is 11.1 Å². The molecule has 128 valence electrons. The topological polar surface area (TPSA) is 78.9 Å². The first kappa shape index (κ1) is 17.8. The van der Waals surface area contributed by atoms with Crippen molar-refractivity contribution < 1.29 is 5.11 Å². The Bertz CT molecular complexity index is 863. The van der Waals surface area contributed by atoms with Gasteiger partial charge in [0.1, 0.15) is 5.75 Å². The molecule has 0 radical (unpaired) electrons. The van der Waals surface area contributed by atoms with Gasteiger partial charge in [0.05, 0.1) is 0 Å². The van der Waals surface area contributed by atoms with Gasteiger partial charge in [-0.05, 0) is 35.4 Å². The average Bonchev–Trinajstić information content (AvgIpc) is 2.58. The molecule has 0 bridgehead atoms. The van der Waals surface area contributed by atoms with E-state index < -0.39 is 5.69 Å². The van der Waals surface area contributed by atoms with Crippen molar-refractivity contribution in [3.63, 3.8) is 0 Å². The molecule has 0 spiro atoms. The number of hydrogen-bond acceptors (Lipinski definition) is 6. The molecular weight excluding hydrogens is 378 g/mol. The number of aromatic nitrogens is 3. The number of rotatable bonds is 6. The van der Waals surface area contributed by atoms with Crippen LogP contribution in [0.5, 0.6) is 5.75 Å². The fourth-order valence-corrected chi connectivity index (χ4v) is 3.89. The maximum atomic E-state index is 11.7. The van der Waals surface area contributed by atoms with Crippen LogP contribution in [0.4, 0.5) is 0 Å². The van der Waals surface area contributed by atoms with Gasteiger partial charge in [0.15, 0.2) is 10.3 Å². The van der Waals surface area contributed by atoms with Crippen LogP contribution in [0.15, 0.2) is 63.6 Å². The number of nitrogens with zero attached hydrogens (tertiary/aromatic N) is 2. The molecule has 0 saturated carbocycles. The lowest BCUT2D eigenvalue weighted by Gasteiger charge is -2.04. The summed E-state index contributed by atoms with van der Waals surface area (Å²) in [5.41, 5.74) is 1.55. The highest BCUT2D eigenvalue weighted by Gasteiger charge is 2.06. The third-order valence-corrected chi connectivity index (χ3v) is 5.25. The summed E-state index contributed by atoms with van der Waals surface area (Å²) in [6.07, 6.45) is 0. The first-order valence-corrected chi connectivity index (χ1v) is 9.70. The van der Waals surface area contributed by atoms with Crippen LogP contribution in [-0.2, 0) is 11.5 Å². The summed E-state index contributed by atoms with van der Waals surface area (Å²) in [5.74, 6) is 1.42. The number of aromatic amines is 1. The monoisotopic (exact) mass is 391 g/mol. The van der Waals surface area contributed by atoms with Crippen molar-refractivity contribution in [1.29, 1.82) is 0 Å². The molecular formula is C17H14ClN3O2S2. The van der Waals surface area contributed by atoms with Crippen molar-refractivity contribution in [3.05, 3.63) is 75.2 Å². The summed E-state index contributed by atoms with van der Waals surface area (Å²) >= 11 is 8.73. The number of aromatic hydroxyl groups is 1. The van der Waals surface area contributed by atoms with E-state index in [-0.39, 0.29) is 5.75 Å². The Kier molecular flexibility index (Phi) is 6.01. The zero-order valence-corrected chi connectivity index (χ0v) is 15.4. The molecule has 2 aromatic carbocycles. The zero-order valence-electron chi connectivity index (χ0n) is 13.0. The summed E-state index contributed by atoms with van der Waals surface area (Å²) in [6, 6.07) is 14.5. The first-order chi connectivity index (χ1) is 12.1. The van der Waals surface area contributed by atoms with E-state index in [4.69, 9.17) is 11.6 Å². The lowest BCUT2D eigenvalue weighted by molar-refractivity contribution is 0.475. The molecule has 1 heterocycles. The number of hydrogen-bond donors (Lipinski definition) is 2. The Morgan fingerprint density at radius 3 is 2.48 bits per heavy atom. The molecule has 0 amide bonds. The van der Waals surface area contributed by atoms with Crippen LogP contribution in [-0.4, -0.2) is 20.1 Å². The maximum absolute atomic E-state index is 11.7. The smallest absolute Gasteiger partial charge is 0.349 e. The van der Waals surface area contributed by atoms with Gasteiger partial charge in [-0.25, -0.2) is 4.79 Å². The molecule has 25 heavy (non-hydrogen) atoms. The first-order valence-electron chi connectivity index (χ1n) is 7.35. The van der Waals surface area contributed by atoms with Gasteiger partial charge in [-0.1, -0.05) is 59.4 Å². The minimum absolute atomic E-state index is 0.215. The van der Waals surface area contributed by atoms with Crippen molar-refractivity contribution in [2.24, 2.45) is 0 Å². The fraction of sp³-hybridized carbons (Fsp3) is 0.118. The van der Waals surface area contributed by atoms with Gasteiger partial charge in [0, 0.05) is 16.5 Å². The molecule has 0 aliphatic rings. The fourth-order valence-electron chi connectivity index (χ4n) is 2.05. The van der Waals surface area contributed by atoms with Crippen molar-refractivity contribution in [3.8, 4) is 5.75 Å². The third kappa shape index (κ3) is 5.52. The second-order valence-electron chi connectivity index (χ2n) is 5.12. The van der Waals surface area contributed by atoms with Gasteiger partial charge in [-0.2, -0.15) is 9.97 Å². The van der Waals surface area contributed by atoms with Crippen LogP contribution < -0.4 is 5.69 Å².